The van der Waals surface area contributed by atoms with Crippen LogP contribution in [0.5, 0.6) is 0 Å². The van der Waals surface area contributed by atoms with E-state index in [0.717, 1.165) is 20.3 Å². The number of aromatic nitrogens is 3. The molecule has 4 aromatic rings. The van der Waals surface area contributed by atoms with Gasteiger partial charge in [0, 0.05) is 10.2 Å². The van der Waals surface area contributed by atoms with Crippen LogP contribution in [0.1, 0.15) is 5.56 Å². The number of rotatable bonds is 3. The second kappa shape index (κ2) is 5.44. The van der Waals surface area contributed by atoms with Crippen molar-refractivity contribution in [3.63, 3.8) is 0 Å². The van der Waals surface area contributed by atoms with Gasteiger partial charge in [-0.2, -0.15) is 0 Å². The van der Waals surface area contributed by atoms with Gasteiger partial charge in [-0.15, -0.1) is 10.2 Å². The lowest BCUT2D eigenvalue weighted by molar-refractivity contribution is 0.940. The molecule has 0 N–H and O–H groups in total. The summed E-state index contributed by atoms with van der Waals surface area (Å²) < 4.78 is 4.49. The second-order valence-corrected chi connectivity index (χ2v) is 7.46. The first kappa shape index (κ1) is 13.3. The van der Waals surface area contributed by atoms with E-state index in [0.29, 0.717) is 0 Å². The summed E-state index contributed by atoms with van der Waals surface area (Å²) in [4.78, 5) is 0.952. The Morgan fingerprint density at radius 1 is 1.10 bits per heavy atom. The van der Waals surface area contributed by atoms with Crippen molar-refractivity contribution in [3.8, 4) is 0 Å². The number of thiazole rings is 1. The molecular weight excluding hydrogens is 366 g/mol. The maximum Gasteiger partial charge on any atom is 0.217 e. The molecule has 0 unspecified atom stereocenters. The molecule has 2 aromatic carbocycles. The normalized spacial score (nSPS) is 11.5. The number of halogens is 1. The summed E-state index contributed by atoms with van der Waals surface area (Å²) in [5, 5.41) is 9.55. The van der Waals surface area contributed by atoms with Gasteiger partial charge in [-0.25, -0.2) is 0 Å². The average molecular weight is 376 g/mol. The minimum Gasteiger partial charge on any atom is -0.260 e. The van der Waals surface area contributed by atoms with E-state index >= 15 is 0 Å². The predicted molar refractivity (Wildman–Crippen MR) is 92.1 cm³/mol. The van der Waals surface area contributed by atoms with Crippen molar-refractivity contribution in [3.05, 3.63) is 58.6 Å². The number of hydrogen-bond acceptors (Lipinski definition) is 4. The zero-order valence-corrected chi connectivity index (χ0v) is 14.1. The summed E-state index contributed by atoms with van der Waals surface area (Å²) in [6.45, 7) is 0. The molecule has 21 heavy (non-hydrogen) atoms. The van der Waals surface area contributed by atoms with E-state index in [2.05, 4.69) is 73.0 Å². The Kier molecular flexibility index (Phi) is 3.45. The fraction of sp³-hybridized carbons (Fsp3) is 0.0667. The van der Waals surface area contributed by atoms with Gasteiger partial charge in [0.1, 0.15) is 0 Å². The first-order chi connectivity index (χ1) is 10.3. The van der Waals surface area contributed by atoms with Crippen molar-refractivity contribution in [1.29, 1.82) is 0 Å². The third-order valence-electron chi connectivity index (χ3n) is 3.17. The third kappa shape index (κ3) is 2.47. The first-order valence-electron chi connectivity index (χ1n) is 6.41. The Bertz CT molecular complexity index is 929. The molecule has 4 rings (SSSR count). The summed E-state index contributed by atoms with van der Waals surface area (Å²) in [6, 6.07) is 16.7. The molecule has 6 heteroatoms. The minimum absolute atomic E-state index is 0.879. The third-order valence-corrected chi connectivity index (χ3v) is 5.67. The fourth-order valence-corrected chi connectivity index (χ4v) is 4.58. The fourth-order valence-electron chi connectivity index (χ4n) is 2.22. The van der Waals surface area contributed by atoms with Crippen molar-refractivity contribution in [2.75, 3.05) is 0 Å². The highest BCUT2D eigenvalue weighted by molar-refractivity contribution is 9.10. The zero-order valence-electron chi connectivity index (χ0n) is 10.9. The molecule has 2 heterocycles. The summed E-state index contributed by atoms with van der Waals surface area (Å²) in [6.07, 6.45) is 0. The van der Waals surface area contributed by atoms with Gasteiger partial charge in [0.25, 0.3) is 0 Å². The van der Waals surface area contributed by atoms with Crippen molar-refractivity contribution >= 4 is 54.2 Å². The molecule has 0 aliphatic heterocycles. The maximum absolute atomic E-state index is 4.32. The minimum atomic E-state index is 0.879. The number of thioether (sulfide) groups is 1. The molecule has 0 saturated heterocycles. The molecule has 0 aliphatic carbocycles. The number of hydrogen-bond donors (Lipinski definition) is 0. The lowest BCUT2D eigenvalue weighted by atomic mass is 10.2. The largest absolute Gasteiger partial charge is 0.260 e. The standard InChI is InChI=1S/C15H10BrN3S2/c16-11-5-3-4-10(8-11)9-20-14-17-18-15-19(14)12-6-1-2-7-13(12)21-15/h1-8H,9H2. The van der Waals surface area contributed by atoms with Gasteiger partial charge in [0.15, 0.2) is 5.16 Å². The van der Waals surface area contributed by atoms with Gasteiger partial charge in [0.2, 0.25) is 4.96 Å². The van der Waals surface area contributed by atoms with Gasteiger partial charge in [0.05, 0.1) is 10.2 Å². The van der Waals surface area contributed by atoms with Crippen LogP contribution in [-0.4, -0.2) is 14.6 Å². The van der Waals surface area contributed by atoms with E-state index in [1.807, 2.05) is 6.07 Å². The lowest BCUT2D eigenvalue weighted by Crippen LogP contribution is -1.87. The van der Waals surface area contributed by atoms with Gasteiger partial charge in [-0.05, 0) is 29.8 Å². The lowest BCUT2D eigenvalue weighted by Gasteiger charge is -2.01. The molecule has 0 bridgehead atoms. The number of benzene rings is 2. The summed E-state index contributed by atoms with van der Waals surface area (Å²) in [5.74, 6) is 0.879. The van der Waals surface area contributed by atoms with Crippen LogP contribution in [0.3, 0.4) is 0 Å². The van der Waals surface area contributed by atoms with Gasteiger partial charge >= 0.3 is 0 Å². The van der Waals surface area contributed by atoms with Crippen LogP contribution in [0.2, 0.25) is 0 Å². The number of nitrogens with zero attached hydrogens (tertiary/aromatic N) is 3. The Balaban J connectivity index is 1.70. The van der Waals surface area contributed by atoms with Crippen molar-refractivity contribution in [1.82, 2.24) is 14.6 Å². The summed E-state index contributed by atoms with van der Waals surface area (Å²) in [5.41, 5.74) is 2.45. The van der Waals surface area contributed by atoms with E-state index in [-0.39, 0.29) is 0 Å². The summed E-state index contributed by atoms with van der Waals surface area (Å²) in [7, 11) is 0. The highest BCUT2D eigenvalue weighted by atomic mass is 79.9. The predicted octanol–water partition coefficient (Wildman–Crippen LogP) is 5.00. The Morgan fingerprint density at radius 3 is 2.90 bits per heavy atom. The van der Waals surface area contributed by atoms with Crippen LogP contribution in [0.15, 0.2) is 58.2 Å². The van der Waals surface area contributed by atoms with E-state index in [9.17, 15) is 0 Å². The van der Waals surface area contributed by atoms with Crippen molar-refractivity contribution in [2.24, 2.45) is 0 Å². The topological polar surface area (TPSA) is 30.2 Å². The SMILES string of the molecule is Brc1cccc(CSc2nnc3sc4ccccc4n23)c1. The van der Waals surface area contributed by atoms with Crippen LogP contribution >= 0.6 is 39.0 Å². The van der Waals surface area contributed by atoms with Gasteiger partial charge < -0.3 is 0 Å². The van der Waals surface area contributed by atoms with Crippen LogP contribution < -0.4 is 0 Å². The highest BCUT2D eigenvalue weighted by Crippen LogP contribution is 2.30. The molecular formula is C15H10BrN3S2. The van der Waals surface area contributed by atoms with Crippen LogP contribution in [-0.2, 0) is 5.75 Å². The molecule has 0 saturated carbocycles. The Labute approximate surface area is 138 Å². The van der Waals surface area contributed by atoms with Crippen molar-refractivity contribution in [2.45, 2.75) is 10.9 Å². The Hall–Kier alpha value is -1.37. The molecule has 0 aliphatic rings. The zero-order chi connectivity index (χ0) is 14.2. The molecule has 0 amide bonds. The first-order valence-corrected chi connectivity index (χ1v) is 9.01. The van der Waals surface area contributed by atoms with Gasteiger partial charge in [-0.3, -0.25) is 4.40 Å². The molecule has 0 fully saturated rings. The highest BCUT2D eigenvalue weighted by Gasteiger charge is 2.12. The smallest absolute Gasteiger partial charge is 0.217 e. The number of fused-ring (bicyclic) bond motifs is 3. The van der Waals surface area contributed by atoms with Crippen LogP contribution in [0.25, 0.3) is 15.2 Å². The molecule has 0 atom stereocenters. The molecule has 3 nitrogen and oxygen atoms in total. The van der Waals surface area contributed by atoms with E-state index in [4.69, 9.17) is 0 Å². The van der Waals surface area contributed by atoms with E-state index < -0.39 is 0 Å². The quantitative estimate of drug-likeness (QED) is 0.472. The van der Waals surface area contributed by atoms with E-state index in [1.54, 1.807) is 23.1 Å². The Morgan fingerprint density at radius 2 is 2.00 bits per heavy atom. The monoisotopic (exact) mass is 375 g/mol. The molecule has 0 spiro atoms. The summed E-state index contributed by atoms with van der Waals surface area (Å²) >= 11 is 6.89. The van der Waals surface area contributed by atoms with E-state index in [1.165, 1.54) is 15.8 Å². The van der Waals surface area contributed by atoms with Gasteiger partial charge in [-0.1, -0.05) is 63.3 Å². The second-order valence-electron chi connectivity index (χ2n) is 4.59. The maximum atomic E-state index is 4.32. The van der Waals surface area contributed by atoms with Crippen LogP contribution in [0.4, 0.5) is 0 Å². The number of para-hydroxylation sites is 1. The average Bonchev–Trinajstić information content (AvgIpc) is 3.04. The molecule has 104 valence electrons. The molecule has 0 radical (unpaired) electrons. The van der Waals surface area contributed by atoms with Crippen LogP contribution in [0, 0.1) is 0 Å². The molecule has 2 aromatic heterocycles. The van der Waals surface area contributed by atoms with Crippen molar-refractivity contribution < 1.29 is 0 Å².